The summed E-state index contributed by atoms with van der Waals surface area (Å²) in [6, 6.07) is 15.9. The molecule has 8 heteroatoms. The molecule has 0 amide bonds. The van der Waals surface area contributed by atoms with Gasteiger partial charge in [-0.1, -0.05) is 24.8 Å². The highest BCUT2D eigenvalue weighted by Gasteiger charge is 2.14. The standard InChI is InChI=1S/C24H29N3O4Si/c1-17(2)30-22-11-8-19(14-20(22)15-25)24-26-23(27-31-24)18-6-9-21(10-7-18)29-16-28-12-13-32(3,4)5/h6-11,14,17H,12-13,16H2,1-5H3. The van der Waals surface area contributed by atoms with Gasteiger partial charge in [0.25, 0.3) is 5.89 Å². The summed E-state index contributed by atoms with van der Waals surface area (Å²) in [5, 5.41) is 13.5. The zero-order valence-electron chi connectivity index (χ0n) is 19.2. The van der Waals surface area contributed by atoms with Crippen LogP contribution in [-0.2, 0) is 4.74 Å². The maximum absolute atomic E-state index is 9.42. The van der Waals surface area contributed by atoms with E-state index in [1.165, 1.54) is 0 Å². The van der Waals surface area contributed by atoms with Crippen molar-refractivity contribution in [3.63, 3.8) is 0 Å². The molecule has 1 aromatic heterocycles. The molecular formula is C24H29N3O4Si. The Morgan fingerprint density at radius 2 is 1.78 bits per heavy atom. The molecule has 0 N–H and O–H groups in total. The molecule has 2 aromatic carbocycles. The summed E-state index contributed by atoms with van der Waals surface area (Å²) < 4.78 is 22.3. The maximum Gasteiger partial charge on any atom is 0.258 e. The molecule has 0 spiro atoms. The lowest BCUT2D eigenvalue weighted by Gasteiger charge is -2.15. The fourth-order valence-electron chi connectivity index (χ4n) is 2.81. The van der Waals surface area contributed by atoms with E-state index in [4.69, 9.17) is 18.7 Å². The minimum absolute atomic E-state index is 0.0216. The van der Waals surface area contributed by atoms with Crippen molar-refractivity contribution in [2.24, 2.45) is 0 Å². The third kappa shape index (κ3) is 6.67. The Labute approximate surface area is 189 Å². The molecule has 0 radical (unpaired) electrons. The lowest BCUT2D eigenvalue weighted by Crippen LogP contribution is -2.22. The number of hydrogen-bond acceptors (Lipinski definition) is 7. The summed E-state index contributed by atoms with van der Waals surface area (Å²) in [4.78, 5) is 4.47. The van der Waals surface area contributed by atoms with Crippen LogP contribution in [0.4, 0.5) is 0 Å². The van der Waals surface area contributed by atoms with E-state index in [-0.39, 0.29) is 12.9 Å². The SMILES string of the molecule is CC(C)Oc1ccc(-c2nc(-c3ccc(OCOCC[Si](C)(C)C)cc3)no2)cc1C#N. The molecule has 0 unspecified atom stereocenters. The second-order valence-electron chi connectivity index (χ2n) is 8.92. The monoisotopic (exact) mass is 451 g/mol. The number of ether oxygens (including phenoxy) is 3. The molecule has 0 aliphatic carbocycles. The zero-order valence-corrected chi connectivity index (χ0v) is 20.2. The summed E-state index contributed by atoms with van der Waals surface area (Å²) in [6.07, 6.45) is -0.0216. The molecule has 0 fully saturated rings. The number of hydrogen-bond donors (Lipinski definition) is 0. The Hall–Kier alpha value is -3.15. The molecule has 0 bridgehead atoms. The fraction of sp³-hybridized carbons (Fsp3) is 0.375. The summed E-state index contributed by atoms with van der Waals surface area (Å²) >= 11 is 0. The van der Waals surface area contributed by atoms with Crippen molar-refractivity contribution in [3.8, 4) is 40.4 Å². The quantitative estimate of drug-likeness (QED) is 0.220. The van der Waals surface area contributed by atoms with E-state index in [1.54, 1.807) is 18.2 Å². The Morgan fingerprint density at radius 3 is 2.44 bits per heavy atom. The first-order valence-electron chi connectivity index (χ1n) is 10.6. The maximum atomic E-state index is 9.42. The van der Waals surface area contributed by atoms with Crippen molar-refractivity contribution in [3.05, 3.63) is 48.0 Å². The average molecular weight is 452 g/mol. The highest BCUT2D eigenvalue weighted by atomic mass is 28.3. The van der Waals surface area contributed by atoms with Crippen LogP contribution in [0.25, 0.3) is 22.8 Å². The van der Waals surface area contributed by atoms with Gasteiger partial charge in [-0.05, 0) is 62.4 Å². The molecule has 0 aliphatic rings. The lowest BCUT2D eigenvalue weighted by molar-refractivity contribution is 0.0220. The third-order valence-electron chi connectivity index (χ3n) is 4.55. The molecule has 0 saturated carbocycles. The molecule has 32 heavy (non-hydrogen) atoms. The largest absolute Gasteiger partial charge is 0.490 e. The van der Waals surface area contributed by atoms with Crippen LogP contribution < -0.4 is 9.47 Å². The van der Waals surface area contributed by atoms with Crippen molar-refractivity contribution in [2.75, 3.05) is 13.4 Å². The smallest absolute Gasteiger partial charge is 0.258 e. The normalized spacial score (nSPS) is 11.4. The van der Waals surface area contributed by atoms with Crippen molar-refractivity contribution >= 4 is 8.07 Å². The molecule has 0 saturated heterocycles. The predicted octanol–water partition coefficient (Wildman–Crippen LogP) is 5.75. The Kier molecular flexibility index (Phi) is 7.67. The van der Waals surface area contributed by atoms with Gasteiger partial charge in [-0.2, -0.15) is 10.2 Å². The lowest BCUT2D eigenvalue weighted by atomic mass is 10.1. The van der Waals surface area contributed by atoms with Crippen molar-refractivity contribution in [1.29, 1.82) is 5.26 Å². The molecule has 3 rings (SSSR count). The van der Waals surface area contributed by atoms with Gasteiger partial charge < -0.3 is 18.7 Å². The number of rotatable bonds is 10. The highest BCUT2D eigenvalue weighted by molar-refractivity contribution is 6.76. The molecule has 3 aromatic rings. The summed E-state index contributed by atoms with van der Waals surface area (Å²) in [5.41, 5.74) is 1.88. The van der Waals surface area contributed by atoms with Crippen LogP contribution in [0.3, 0.4) is 0 Å². The van der Waals surface area contributed by atoms with E-state index < -0.39 is 8.07 Å². The van der Waals surface area contributed by atoms with Gasteiger partial charge in [0.1, 0.15) is 17.6 Å². The molecule has 1 heterocycles. The number of nitrogens with zero attached hydrogens (tertiary/aromatic N) is 3. The third-order valence-corrected chi connectivity index (χ3v) is 6.26. The predicted molar refractivity (Wildman–Crippen MR) is 125 cm³/mol. The van der Waals surface area contributed by atoms with Gasteiger partial charge >= 0.3 is 0 Å². The van der Waals surface area contributed by atoms with Crippen molar-refractivity contribution in [1.82, 2.24) is 10.1 Å². The van der Waals surface area contributed by atoms with Gasteiger partial charge in [0.05, 0.1) is 11.7 Å². The van der Waals surface area contributed by atoms with E-state index in [2.05, 4.69) is 35.9 Å². The Bertz CT molecular complexity index is 1070. The van der Waals surface area contributed by atoms with Crippen LogP contribution in [0.15, 0.2) is 47.0 Å². The zero-order chi connectivity index (χ0) is 23.1. The Morgan fingerprint density at radius 1 is 1.06 bits per heavy atom. The molecule has 7 nitrogen and oxygen atoms in total. The van der Waals surface area contributed by atoms with E-state index in [0.717, 1.165) is 18.2 Å². The first-order chi connectivity index (χ1) is 15.2. The van der Waals surface area contributed by atoms with E-state index in [9.17, 15) is 5.26 Å². The van der Waals surface area contributed by atoms with Crippen molar-refractivity contribution in [2.45, 2.75) is 45.6 Å². The van der Waals surface area contributed by atoms with Crippen LogP contribution in [0, 0.1) is 11.3 Å². The van der Waals surface area contributed by atoms with Crippen molar-refractivity contribution < 1.29 is 18.7 Å². The fourth-order valence-corrected chi connectivity index (χ4v) is 3.57. The van der Waals surface area contributed by atoms with Gasteiger partial charge in [0.2, 0.25) is 5.82 Å². The molecule has 0 atom stereocenters. The van der Waals surface area contributed by atoms with Crippen LogP contribution >= 0.6 is 0 Å². The molecule has 168 valence electrons. The summed E-state index contributed by atoms with van der Waals surface area (Å²) in [5.74, 6) is 2.04. The summed E-state index contributed by atoms with van der Waals surface area (Å²) in [7, 11) is -1.09. The number of aromatic nitrogens is 2. The van der Waals surface area contributed by atoms with Gasteiger partial charge in [-0.15, -0.1) is 0 Å². The average Bonchev–Trinajstić information content (AvgIpc) is 3.23. The summed E-state index contributed by atoms with van der Waals surface area (Å²) in [6.45, 7) is 11.7. The van der Waals surface area contributed by atoms with Crippen LogP contribution in [0.1, 0.15) is 19.4 Å². The van der Waals surface area contributed by atoms with Crippen LogP contribution in [-0.4, -0.2) is 37.7 Å². The molecule has 0 aliphatic heterocycles. The second-order valence-corrected chi connectivity index (χ2v) is 14.5. The Balaban J connectivity index is 1.62. The topological polar surface area (TPSA) is 90.4 Å². The minimum atomic E-state index is -1.09. The number of benzene rings is 2. The first kappa shape index (κ1) is 23.5. The van der Waals surface area contributed by atoms with Gasteiger partial charge in [0, 0.05) is 25.8 Å². The van der Waals surface area contributed by atoms with E-state index in [1.807, 2.05) is 38.1 Å². The number of nitriles is 1. The minimum Gasteiger partial charge on any atom is -0.490 e. The van der Waals surface area contributed by atoms with Gasteiger partial charge in [0.15, 0.2) is 6.79 Å². The molecular weight excluding hydrogens is 422 g/mol. The van der Waals surface area contributed by atoms with Crippen LogP contribution in [0.5, 0.6) is 11.5 Å². The first-order valence-corrected chi connectivity index (χ1v) is 14.3. The highest BCUT2D eigenvalue weighted by Crippen LogP contribution is 2.28. The van der Waals surface area contributed by atoms with E-state index in [0.29, 0.717) is 34.3 Å². The second kappa shape index (κ2) is 10.4. The van der Waals surface area contributed by atoms with Gasteiger partial charge in [-0.3, -0.25) is 0 Å². The van der Waals surface area contributed by atoms with Crippen LogP contribution in [0.2, 0.25) is 25.7 Å². The van der Waals surface area contributed by atoms with E-state index >= 15 is 0 Å². The van der Waals surface area contributed by atoms with Gasteiger partial charge in [-0.25, -0.2) is 0 Å².